The van der Waals surface area contributed by atoms with Crippen molar-refractivity contribution in [3.63, 3.8) is 0 Å². The molecular formula is C61H100O6. The Balaban J connectivity index is 4.44. The SMILES string of the molecule is CC/C=C\C/C=C\C/C=C\C/C=C\CCCCCCCCCCC(=O)OCC(COC(=O)CCCCCCC/C=C\CCCCCC)OC(=O)CCCC/C=C\C/C=C\C/C=C\C/C=C\CC. The van der Waals surface area contributed by atoms with E-state index in [4.69, 9.17) is 14.2 Å². The van der Waals surface area contributed by atoms with Gasteiger partial charge in [-0.1, -0.05) is 207 Å². The predicted octanol–water partition coefficient (Wildman–Crippen LogP) is 18.3. The van der Waals surface area contributed by atoms with Crippen LogP contribution in [0.1, 0.15) is 239 Å². The molecule has 0 aliphatic rings. The van der Waals surface area contributed by atoms with E-state index in [0.717, 1.165) is 122 Å². The minimum atomic E-state index is -0.808. The summed E-state index contributed by atoms with van der Waals surface area (Å²) in [6, 6.07) is 0. The highest BCUT2D eigenvalue weighted by atomic mass is 16.6. The minimum Gasteiger partial charge on any atom is -0.462 e. The summed E-state index contributed by atoms with van der Waals surface area (Å²) >= 11 is 0. The van der Waals surface area contributed by atoms with Gasteiger partial charge >= 0.3 is 17.9 Å². The average Bonchev–Trinajstić information content (AvgIpc) is 3.33. The Morgan fingerprint density at radius 1 is 0.313 bits per heavy atom. The fourth-order valence-corrected chi connectivity index (χ4v) is 7.18. The van der Waals surface area contributed by atoms with E-state index in [2.05, 4.69) is 130 Å². The fraction of sp³-hybridized carbons (Fsp3) is 0.656. The van der Waals surface area contributed by atoms with Crippen molar-refractivity contribution in [3.05, 3.63) is 109 Å². The third-order valence-corrected chi connectivity index (χ3v) is 11.2. The van der Waals surface area contributed by atoms with Crippen LogP contribution in [0.25, 0.3) is 0 Å². The first-order valence-corrected chi connectivity index (χ1v) is 27.4. The van der Waals surface area contributed by atoms with Crippen LogP contribution in [-0.2, 0) is 28.6 Å². The molecule has 0 amide bonds. The van der Waals surface area contributed by atoms with Crippen molar-refractivity contribution in [2.45, 2.75) is 245 Å². The van der Waals surface area contributed by atoms with Gasteiger partial charge in [0.2, 0.25) is 0 Å². The first kappa shape index (κ1) is 63.1. The number of rotatable bonds is 48. The monoisotopic (exact) mass is 929 g/mol. The van der Waals surface area contributed by atoms with Crippen molar-refractivity contribution >= 4 is 17.9 Å². The van der Waals surface area contributed by atoms with Gasteiger partial charge in [-0.05, 0) is 122 Å². The van der Waals surface area contributed by atoms with Crippen molar-refractivity contribution in [3.8, 4) is 0 Å². The number of hydrogen-bond acceptors (Lipinski definition) is 6. The van der Waals surface area contributed by atoms with Gasteiger partial charge in [0.15, 0.2) is 6.10 Å². The summed E-state index contributed by atoms with van der Waals surface area (Å²) in [5.41, 5.74) is 0. The zero-order valence-corrected chi connectivity index (χ0v) is 43.4. The molecule has 0 saturated heterocycles. The maximum Gasteiger partial charge on any atom is 0.306 e. The van der Waals surface area contributed by atoms with E-state index in [1.807, 2.05) is 0 Å². The van der Waals surface area contributed by atoms with Gasteiger partial charge in [-0.2, -0.15) is 0 Å². The Labute approximate surface area is 412 Å². The van der Waals surface area contributed by atoms with Gasteiger partial charge in [0.1, 0.15) is 13.2 Å². The standard InChI is InChI=1S/C61H100O6/c1-4-7-10-13-16-19-22-25-27-28-29-30-31-32-34-36-39-42-45-48-51-54-60(63)66-57-58(56-65-59(62)53-50-47-44-41-38-35-24-21-18-15-12-9-6-3)67-61(64)55-52-49-46-43-40-37-33-26-23-20-17-14-11-8-5-2/h7-8,10-11,16-17,19-21,24-27,29-30,33,40,43,58H,4-6,9,12-15,18,22-23,28,31-32,34-39,41-42,44-57H2,1-3H3/b10-7-,11-8-,19-16-,20-17-,24-21-,27-25-,30-29-,33-26-,43-40-. The van der Waals surface area contributed by atoms with Crippen LogP contribution in [0.2, 0.25) is 0 Å². The molecule has 1 atom stereocenters. The molecule has 0 spiro atoms. The maximum atomic E-state index is 12.8. The number of ether oxygens (including phenoxy) is 3. The number of esters is 3. The molecule has 0 fully saturated rings. The maximum absolute atomic E-state index is 12.8. The van der Waals surface area contributed by atoms with Crippen molar-refractivity contribution in [1.29, 1.82) is 0 Å². The van der Waals surface area contributed by atoms with Gasteiger partial charge in [-0.25, -0.2) is 0 Å². The average molecular weight is 929 g/mol. The third-order valence-electron chi connectivity index (χ3n) is 11.2. The van der Waals surface area contributed by atoms with Crippen LogP contribution in [0.5, 0.6) is 0 Å². The topological polar surface area (TPSA) is 78.9 Å². The highest BCUT2D eigenvalue weighted by Gasteiger charge is 2.19. The second kappa shape index (κ2) is 54.7. The van der Waals surface area contributed by atoms with Crippen LogP contribution in [0.3, 0.4) is 0 Å². The van der Waals surface area contributed by atoms with Gasteiger partial charge < -0.3 is 14.2 Å². The van der Waals surface area contributed by atoms with Crippen LogP contribution in [0.4, 0.5) is 0 Å². The Morgan fingerprint density at radius 3 is 0.955 bits per heavy atom. The minimum absolute atomic E-state index is 0.103. The molecule has 0 aliphatic heterocycles. The summed E-state index contributed by atoms with van der Waals surface area (Å²) in [6.07, 6.45) is 73.6. The molecule has 380 valence electrons. The van der Waals surface area contributed by atoms with Crippen molar-refractivity contribution in [1.82, 2.24) is 0 Å². The lowest BCUT2D eigenvalue weighted by Crippen LogP contribution is -2.30. The predicted molar refractivity (Wildman–Crippen MR) is 288 cm³/mol. The lowest BCUT2D eigenvalue weighted by molar-refractivity contribution is -0.167. The van der Waals surface area contributed by atoms with E-state index in [1.165, 1.54) is 70.6 Å². The van der Waals surface area contributed by atoms with E-state index >= 15 is 0 Å². The van der Waals surface area contributed by atoms with Crippen LogP contribution in [0, 0.1) is 0 Å². The van der Waals surface area contributed by atoms with E-state index < -0.39 is 6.10 Å². The zero-order chi connectivity index (χ0) is 48.6. The number of unbranched alkanes of at least 4 members (excludes halogenated alkanes) is 19. The molecule has 0 aromatic rings. The molecule has 0 bridgehead atoms. The molecule has 0 saturated carbocycles. The molecule has 0 radical (unpaired) electrons. The van der Waals surface area contributed by atoms with Crippen molar-refractivity contribution < 1.29 is 28.6 Å². The summed E-state index contributed by atoms with van der Waals surface area (Å²) in [7, 11) is 0. The first-order chi connectivity index (χ1) is 33.0. The van der Waals surface area contributed by atoms with E-state index in [0.29, 0.717) is 19.3 Å². The molecule has 0 N–H and O–H groups in total. The largest absolute Gasteiger partial charge is 0.462 e. The van der Waals surface area contributed by atoms with Gasteiger partial charge in [0.25, 0.3) is 0 Å². The van der Waals surface area contributed by atoms with Crippen LogP contribution >= 0.6 is 0 Å². The normalized spacial score (nSPS) is 12.9. The first-order valence-electron chi connectivity index (χ1n) is 27.4. The molecule has 6 heteroatoms. The quantitative estimate of drug-likeness (QED) is 0.0262. The van der Waals surface area contributed by atoms with E-state index in [1.54, 1.807) is 0 Å². The molecule has 0 rings (SSSR count). The van der Waals surface area contributed by atoms with Crippen molar-refractivity contribution in [2.24, 2.45) is 0 Å². The zero-order valence-electron chi connectivity index (χ0n) is 43.4. The number of carbonyl (C=O) groups excluding carboxylic acids is 3. The van der Waals surface area contributed by atoms with E-state index in [9.17, 15) is 14.4 Å². The Morgan fingerprint density at radius 2 is 0.582 bits per heavy atom. The molecule has 0 aromatic heterocycles. The Kier molecular flexibility index (Phi) is 51.5. The summed E-state index contributed by atoms with van der Waals surface area (Å²) < 4.78 is 16.8. The van der Waals surface area contributed by atoms with Gasteiger partial charge in [0.05, 0.1) is 0 Å². The number of carbonyl (C=O) groups is 3. The summed E-state index contributed by atoms with van der Waals surface area (Å²) in [4.78, 5) is 38.1. The lowest BCUT2D eigenvalue weighted by atomic mass is 10.1. The van der Waals surface area contributed by atoms with Gasteiger partial charge in [-0.3, -0.25) is 14.4 Å². The lowest BCUT2D eigenvalue weighted by Gasteiger charge is -2.18. The molecular weight excluding hydrogens is 829 g/mol. The molecule has 0 aliphatic carbocycles. The molecule has 1 unspecified atom stereocenters. The van der Waals surface area contributed by atoms with Crippen LogP contribution < -0.4 is 0 Å². The second-order valence-electron chi connectivity index (χ2n) is 17.7. The highest BCUT2D eigenvalue weighted by Crippen LogP contribution is 2.14. The summed E-state index contributed by atoms with van der Waals surface area (Å²) in [6.45, 7) is 6.34. The number of allylic oxidation sites excluding steroid dienone is 18. The summed E-state index contributed by atoms with van der Waals surface area (Å²) in [5.74, 6) is -0.964. The van der Waals surface area contributed by atoms with Crippen molar-refractivity contribution in [2.75, 3.05) is 13.2 Å². The Bertz CT molecular complexity index is 1390. The fourth-order valence-electron chi connectivity index (χ4n) is 7.18. The van der Waals surface area contributed by atoms with Crippen LogP contribution in [0.15, 0.2) is 109 Å². The highest BCUT2D eigenvalue weighted by molar-refractivity contribution is 5.71. The number of hydrogen-bond donors (Lipinski definition) is 0. The molecule has 0 aromatic carbocycles. The Hall–Kier alpha value is -3.93. The van der Waals surface area contributed by atoms with E-state index in [-0.39, 0.29) is 37.5 Å². The molecule has 0 heterocycles. The molecule has 6 nitrogen and oxygen atoms in total. The third kappa shape index (κ3) is 52.9. The second-order valence-corrected chi connectivity index (χ2v) is 17.7. The van der Waals surface area contributed by atoms with Gasteiger partial charge in [-0.15, -0.1) is 0 Å². The smallest absolute Gasteiger partial charge is 0.306 e. The van der Waals surface area contributed by atoms with Crippen LogP contribution in [-0.4, -0.2) is 37.2 Å². The van der Waals surface area contributed by atoms with Gasteiger partial charge in [0, 0.05) is 19.3 Å². The summed E-state index contributed by atoms with van der Waals surface area (Å²) in [5, 5.41) is 0. The molecule has 67 heavy (non-hydrogen) atoms.